The average molecular weight is 220 g/mol. The summed E-state index contributed by atoms with van der Waals surface area (Å²) in [6.45, 7) is 3.61. The molecule has 1 aromatic rings. The van der Waals surface area contributed by atoms with Gasteiger partial charge in [0.05, 0.1) is 17.9 Å². The highest BCUT2D eigenvalue weighted by Crippen LogP contribution is 2.10. The van der Waals surface area contributed by atoms with Crippen LogP contribution in [0, 0.1) is 12.3 Å². The number of hydrogen-bond acceptors (Lipinski definition) is 3. The Bertz CT molecular complexity index is 362. The van der Waals surface area contributed by atoms with Gasteiger partial charge in [-0.3, -0.25) is 9.58 Å². The zero-order chi connectivity index (χ0) is 12.0. The summed E-state index contributed by atoms with van der Waals surface area (Å²) in [5.41, 5.74) is 2.28. The van der Waals surface area contributed by atoms with Crippen molar-refractivity contribution in [3.63, 3.8) is 0 Å². The Hall–Kier alpha value is -1.34. The monoisotopic (exact) mass is 220 g/mol. The van der Waals surface area contributed by atoms with E-state index in [2.05, 4.69) is 28.1 Å². The maximum absolute atomic E-state index is 5.27. The zero-order valence-corrected chi connectivity index (χ0v) is 10.4. The lowest BCUT2D eigenvalue weighted by atomic mass is 10.1. The summed E-state index contributed by atoms with van der Waals surface area (Å²) in [4.78, 5) is 2.07. The highest BCUT2D eigenvalue weighted by molar-refractivity contribution is 5.10. The molecule has 0 aliphatic carbocycles. The van der Waals surface area contributed by atoms with Gasteiger partial charge >= 0.3 is 0 Å². The minimum Gasteiger partial charge on any atom is -0.289 e. The molecule has 1 aromatic heterocycles. The SMILES string of the molecule is C#CCN(C)Cc1nnn(C)c1CCCC. The lowest BCUT2D eigenvalue weighted by Gasteiger charge is -2.12. The predicted molar refractivity (Wildman–Crippen MR) is 64.8 cm³/mol. The van der Waals surface area contributed by atoms with E-state index in [0.29, 0.717) is 6.54 Å². The second kappa shape index (κ2) is 6.29. The van der Waals surface area contributed by atoms with Gasteiger partial charge < -0.3 is 0 Å². The van der Waals surface area contributed by atoms with Gasteiger partial charge in [0.2, 0.25) is 0 Å². The summed E-state index contributed by atoms with van der Waals surface area (Å²) in [6.07, 6.45) is 8.67. The lowest BCUT2D eigenvalue weighted by molar-refractivity contribution is 0.362. The molecule has 0 aromatic carbocycles. The molecule has 4 nitrogen and oxygen atoms in total. The van der Waals surface area contributed by atoms with Crippen LogP contribution in [0.25, 0.3) is 0 Å². The van der Waals surface area contributed by atoms with Gasteiger partial charge in [-0.15, -0.1) is 11.5 Å². The fourth-order valence-corrected chi connectivity index (χ4v) is 1.66. The largest absolute Gasteiger partial charge is 0.289 e. The topological polar surface area (TPSA) is 34.0 Å². The molecule has 4 heteroatoms. The van der Waals surface area contributed by atoms with Gasteiger partial charge in [-0.05, 0) is 19.9 Å². The molecule has 0 aliphatic rings. The number of hydrogen-bond donors (Lipinski definition) is 0. The minimum absolute atomic E-state index is 0.643. The average Bonchev–Trinajstić information content (AvgIpc) is 2.57. The van der Waals surface area contributed by atoms with Crippen molar-refractivity contribution in [1.29, 1.82) is 0 Å². The van der Waals surface area contributed by atoms with Crippen LogP contribution in [0.2, 0.25) is 0 Å². The summed E-state index contributed by atoms with van der Waals surface area (Å²) in [7, 11) is 3.95. The van der Waals surface area contributed by atoms with Crippen LogP contribution in [0.4, 0.5) is 0 Å². The van der Waals surface area contributed by atoms with E-state index in [4.69, 9.17) is 6.42 Å². The Morgan fingerprint density at radius 2 is 2.25 bits per heavy atom. The van der Waals surface area contributed by atoms with Crippen LogP contribution in [-0.4, -0.2) is 33.5 Å². The molecule has 0 N–H and O–H groups in total. The van der Waals surface area contributed by atoms with Crippen LogP contribution in [0.1, 0.15) is 31.2 Å². The molecule has 0 fully saturated rings. The molecule has 0 amide bonds. The van der Waals surface area contributed by atoms with Crippen molar-refractivity contribution in [2.24, 2.45) is 7.05 Å². The predicted octanol–water partition coefficient (Wildman–Crippen LogP) is 1.22. The quantitative estimate of drug-likeness (QED) is 0.676. The highest BCUT2D eigenvalue weighted by atomic mass is 15.4. The lowest BCUT2D eigenvalue weighted by Crippen LogP contribution is -2.19. The van der Waals surface area contributed by atoms with Crippen LogP contribution >= 0.6 is 0 Å². The van der Waals surface area contributed by atoms with Crippen molar-refractivity contribution in [3.8, 4) is 12.3 Å². The van der Waals surface area contributed by atoms with Gasteiger partial charge in [-0.25, -0.2) is 0 Å². The second-order valence-corrected chi connectivity index (χ2v) is 4.09. The first-order valence-corrected chi connectivity index (χ1v) is 5.68. The van der Waals surface area contributed by atoms with Gasteiger partial charge in [0.1, 0.15) is 0 Å². The number of rotatable bonds is 6. The Morgan fingerprint density at radius 1 is 1.50 bits per heavy atom. The van der Waals surface area contributed by atoms with Crippen LogP contribution in [0.3, 0.4) is 0 Å². The van der Waals surface area contributed by atoms with Crippen molar-refractivity contribution in [3.05, 3.63) is 11.4 Å². The summed E-state index contributed by atoms with van der Waals surface area (Å²) in [6, 6.07) is 0. The van der Waals surface area contributed by atoms with E-state index in [1.165, 1.54) is 18.5 Å². The van der Waals surface area contributed by atoms with Crippen molar-refractivity contribution in [2.75, 3.05) is 13.6 Å². The maximum atomic E-state index is 5.27. The first-order chi connectivity index (χ1) is 7.69. The van der Waals surface area contributed by atoms with Gasteiger partial charge in [-0.2, -0.15) is 0 Å². The van der Waals surface area contributed by atoms with Crippen molar-refractivity contribution in [1.82, 2.24) is 19.9 Å². The van der Waals surface area contributed by atoms with E-state index < -0.39 is 0 Å². The number of unbranched alkanes of at least 4 members (excludes halogenated alkanes) is 1. The van der Waals surface area contributed by atoms with E-state index in [1.807, 2.05) is 18.8 Å². The number of nitrogens with zero attached hydrogens (tertiary/aromatic N) is 4. The Kier molecular flexibility index (Phi) is 5.00. The fourth-order valence-electron chi connectivity index (χ4n) is 1.66. The summed E-state index contributed by atoms with van der Waals surface area (Å²) < 4.78 is 1.87. The molecule has 1 rings (SSSR count). The van der Waals surface area contributed by atoms with Gasteiger partial charge in [0.15, 0.2) is 0 Å². The van der Waals surface area contributed by atoms with Gasteiger partial charge in [0, 0.05) is 13.6 Å². The Labute approximate surface area is 97.6 Å². The first-order valence-electron chi connectivity index (χ1n) is 5.68. The highest BCUT2D eigenvalue weighted by Gasteiger charge is 2.11. The molecule has 0 aliphatic heterocycles. The molecule has 0 unspecified atom stereocenters. The third-order valence-electron chi connectivity index (χ3n) is 2.57. The van der Waals surface area contributed by atoms with Crippen molar-refractivity contribution in [2.45, 2.75) is 32.7 Å². The molecule has 0 saturated carbocycles. The molecule has 0 saturated heterocycles. The van der Waals surface area contributed by atoms with Crippen LogP contribution in [0.15, 0.2) is 0 Å². The standard InChI is InChI=1S/C12H20N4/c1-5-7-8-12-11(13-14-16(12)4)10-15(3)9-6-2/h2H,5,7-10H2,1,3-4H3. The van der Waals surface area contributed by atoms with Crippen LogP contribution in [0.5, 0.6) is 0 Å². The molecule has 16 heavy (non-hydrogen) atoms. The molecular weight excluding hydrogens is 200 g/mol. The van der Waals surface area contributed by atoms with Crippen LogP contribution < -0.4 is 0 Å². The molecular formula is C12H20N4. The maximum Gasteiger partial charge on any atom is 0.0999 e. The van der Waals surface area contributed by atoms with E-state index in [9.17, 15) is 0 Å². The van der Waals surface area contributed by atoms with Crippen LogP contribution in [-0.2, 0) is 20.0 Å². The molecule has 0 bridgehead atoms. The molecule has 88 valence electrons. The third kappa shape index (κ3) is 3.35. The number of terminal acetylenes is 1. The zero-order valence-electron chi connectivity index (χ0n) is 10.4. The van der Waals surface area contributed by atoms with E-state index in [0.717, 1.165) is 18.7 Å². The fraction of sp³-hybridized carbons (Fsp3) is 0.667. The summed E-state index contributed by atoms with van der Waals surface area (Å²) in [5.74, 6) is 2.63. The van der Waals surface area contributed by atoms with E-state index in [1.54, 1.807) is 0 Å². The second-order valence-electron chi connectivity index (χ2n) is 4.09. The minimum atomic E-state index is 0.643. The van der Waals surface area contributed by atoms with Gasteiger partial charge in [-0.1, -0.05) is 24.5 Å². The molecule has 1 heterocycles. The van der Waals surface area contributed by atoms with Crippen molar-refractivity contribution >= 4 is 0 Å². The first kappa shape index (κ1) is 12.7. The summed E-state index contributed by atoms with van der Waals surface area (Å²) >= 11 is 0. The van der Waals surface area contributed by atoms with Gasteiger partial charge in [0.25, 0.3) is 0 Å². The molecule has 0 spiro atoms. The van der Waals surface area contributed by atoms with E-state index >= 15 is 0 Å². The van der Waals surface area contributed by atoms with Crippen molar-refractivity contribution < 1.29 is 0 Å². The summed E-state index contributed by atoms with van der Waals surface area (Å²) in [5, 5.41) is 8.26. The normalized spacial score (nSPS) is 10.7. The Balaban J connectivity index is 2.68. The number of aryl methyl sites for hydroxylation is 1. The third-order valence-corrected chi connectivity index (χ3v) is 2.57. The smallest absolute Gasteiger partial charge is 0.0999 e. The van der Waals surface area contributed by atoms with E-state index in [-0.39, 0.29) is 0 Å². The molecule has 0 atom stereocenters. The Morgan fingerprint density at radius 3 is 2.88 bits per heavy atom. The number of aromatic nitrogens is 3. The molecule has 0 radical (unpaired) electrons.